The molecule has 0 aromatic heterocycles. The highest BCUT2D eigenvalue weighted by Crippen LogP contribution is 2.66. The third kappa shape index (κ3) is 3.16. The maximum absolute atomic E-state index is 11.6. The Kier molecular flexibility index (Phi) is 5.44. The van der Waals surface area contributed by atoms with Crippen LogP contribution < -0.4 is 0 Å². The summed E-state index contributed by atoms with van der Waals surface area (Å²) >= 11 is 0. The minimum atomic E-state index is -0.0727. The number of aliphatic hydroxyl groups is 1. The van der Waals surface area contributed by atoms with E-state index in [4.69, 9.17) is 4.74 Å². The standard InChI is InChI=1S/C25H40O3/c1-16(5-10-23(27)28-4)20-8-9-21-19-7-6-17-15-18(26)11-13-24(17,2)22(19)12-14-25(20,21)3/h12,14,16-22,26H,5-11,13,15H2,1-4H3/t16?,17?,18-,19?,20?,21?,22?,24?,25?/m1/s1. The van der Waals surface area contributed by atoms with E-state index in [0.717, 1.165) is 31.1 Å². The lowest BCUT2D eigenvalue weighted by molar-refractivity contribution is -0.141. The smallest absolute Gasteiger partial charge is 0.305 e. The number of hydrogen-bond acceptors (Lipinski definition) is 3. The first-order valence-electron chi connectivity index (χ1n) is 11.7. The maximum atomic E-state index is 11.6. The molecule has 0 spiro atoms. The fourth-order valence-corrected chi connectivity index (χ4v) is 8.20. The summed E-state index contributed by atoms with van der Waals surface area (Å²) in [6, 6.07) is 0. The number of carbonyl (C=O) groups is 1. The molecular weight excluding hydrogens is 348 g/mol. The molecule has 3 saturated carbocycles. The number of methoxy groups -OCH3 is 1. The molecule has 0 aromatic rings. The predicted molar refractivity (Wildman–Crippen MR) is 112 cm³/mol. The molecule has 4 aliphatic rings. The summed E-state index contributed by atoms with van der Waals surface area (Å²) in [5.74, 6) is 4.16. The summed E-state index contributed by atoms with van der Waals surface area (Å²) in [5, 5.41) is 10.2. The number of rotatable bonds is 4. The van der Waals surface area contributed by atoms with Gasteiger partial charge in [0.25, 0.3) is 0 Å². The average Bonchev–Trinajstić information content (AvgIpc) is 3.03. The van der Waals surface area contributed by atoms with Crippen molar-refractivity contribution in [2.45, 2.75) is 84.7 Å². The van der Waals surface area contributed by atoms with Gasteiger partial charge in [0.1, 0.15) is 0 Å². The molecule has 28 heavy (non-hydrogen) atoms. The van der Waals surface area contributed by atoms with E-state index >= 15 is 0 Å². The van der Waals surface area contributed by atoms with Crippen LogP contribution >= 0.6 is 0 Å². The summed E-state index contributed by atoms with van der Waals surface area (Å²) in [4.78, 5) is 11.6. The van der Waals surface area contributed by atoms with Gasteiger partial charge < -0.3 is 9.84 Å². The molecule has 0 radical (unpaired) electrons. The third-order valence-corrected chi connectivity index (χ3v) is 9.86. The van der Waals surface area contributed by atoms with E-state index in [1.54, 1.807) is 0 Å². The number of hydrogen-bond donors (Lipinski definition) is 1. The van der Waals surface area contributed by atoms with Gasteiger partial charge in [-0.25, -0.2) is 0 Å². The van der Waals surface area contributed by atoms with Crippen LogP contribution in [0.2, 0.25) is 0 Å². The van der Waals surface area contributed by atoms with E-state index in [0.29, 0.717) is 35.5 Å². The zero-order chi connectivity index (χ0) is 20.1. The van der Waals surface area contributed by atoms with Crippen LogP contribution in [0.5, 0.6) is 0 Å². The van der Waals surface area contributed by atoms with Gasteiger partial charge in [0, 0.05) is 6.42 Å². The van der Waals surface area contributed by atoms with Gasteiger partial charge in [0.15, 0.2) is 0 Å². The molecule has 0 saturated heterocycles. The summed E-state index contributed by atoms with van der Waals surface area (Å²) in [7, 11) is 1.49. The predicted octanol–water partition coefficient (Wildman–Crippen LogP) is 5.37. The van der Waals surface area contributed by atoms with Crippen LogP contribution in [0.4, 0.5) is 0 Å². The largest absolute Gasteiger partial charge is 0.469 e. The first-order valence-corrected chi connectivity index (χ1v) is 11.7. The van der Waals surface area contributed by atoms with Crippen molar-refractivity contribution in [3.05, 3.63) is 12.2 Å². The van der Waals surface area contributed by atoms with Gasteiger partial charge in [-0.3, -0.25) is 4.79 Å². The molecule has 0 heterocycles. The Bertz CT molecular complexity index is 627. The second-order valence-corrected chi connectivity index (χ2v) is 11.0. The topological polar surface area (TPSA) is 46.5 Å². The Balaban J connectivity index is 1.53. The Morgan fingerprint density at radius 3 is 2.75 bits per heavy atom. The highest BCUT2D eigenvalue weighted by atomic mass is 16.5. The van der Waals surface area contributed by atoms with Gasteiger partial charge in [0.05, 0.1) is 13.2 Å². The first kappa shape index (κ1) is 20.4. The zero-order valence-electron chi connectivity index (χ0n) is 18.3. The molecule has 158 valence electrons. The number of carbonyl (C=O) groups excluding carboxylic acids is 1. The highest BCUT2D eigenvalue weighted by Gasteiger charge is 2.58. The second-order valence-electron chi connectivity index (χ2n) is 11.0. The van der Waals surface area contributed by atoms with Gasteiger partial charge in [-0.15, -0.1) is 0 Å². The summed E-state index contributed by atoms with van der Waals surface area (Å²) in [6.07, 6.45) is 15.1. The van der Waals surface area contributed by atoms with Crippen LogP contribution in [0.1, 0.15) is 78.6 Å². The minimum absolute atomic E-state index is 0.0704. The lowest BCUT2D eigenvalue weighted by Crippen LogP contribution is -2.52. The SMILES string of the molecule is COC(=O)CCC(C)C1CCC2C3CCC4C[C@H](O)CCC4(C)C3C=CC12C. The molecule has 1 N–H and O–H groups in total. The molecule has 3 nitrogen and oxygen atoms in total. The quantitative estimate of drug-likeness (QED) is 0.520. The molecule has 8 unspecified atom stereocenters. The zero-order valence-corrected chi connectivity index (χ0v) is 18.3. The Hall–Kier alpha value is -0.830. The lowest BCUT2D eigenvalue weighted by atomic mass is 9.46. The van der Waals surface area contributed by atoms with Crippen molar-refractivity contribution in [2.75, 3.05) is 7.11 Å². The molecule has 0 bridgehead atoms. The van der Waals surface area contributed by atoms with E-state index in [-0.39, 0.29) is 17.5 Å². The Morgan fingerprint density at radius 2 is 2.00 bits per heavy atom. The van der Waals surface area contributed by atoms with Crippen LogP contribution in [0.25, 0.3) is 0 Å². The summed E-state index contributed by atoms with van der Waals surface area (Å²) < 4.78 is 4.86. The molecule has 4 rings (SSSR count). The summed E-state index contributed by atoms with van der Waals surface area (Å²) in [6.45, 7) is 7.39. The third-order valence-electron chi connectivity index (χ3n) is 9.86. The van der Waals surface area contributed by atoms with Crippen LogP contribution in [0.15, 0.2) is 12.2 Å². The highest BCUT2D eigenvalue weighted by molar-refractivity contribution is 5.69. The van der Waals surface area contributed by atoms with Crippen molar-refractivity contribution in [2.24, 2.45) is 46.3 Å². The maximum Gasteiger partial charge on any atom is 0.305 e. The van der Waals surface area contributed by atoms with Crippen molar-refractivity contribution < 1.29 is 14.6 Å². The number of ether oxygens (including phenoxy) is 1. The number of allylic oxidation sites excluding steroid dienone is 2. The fraction of sp³-hybridized carbons (Fsp3) is 0.880. The molecule has 4 aliphatic carbocycles. The van der Waals surface area contributed by atoms with E-state index in [1.807, 2.05) is 0 Å². The van der Waals surface area contributed by atoms with E-state index in [9.17, 15) is 9.90 Å². The van der Waals surface area contributed by atoms with Crippen molar-refractivity contribution in [3.63, 3.8) is 0 Å². The van der Waals surface area contributed by atoms with Crippen LogP contribution in [-0.2, 0) is 9.53 Å². The first-order chi connectivity index (χ1) is 13.3. The van der Waals surface area contributed by atoms with E-state index in [2.05, 4.69) is 32.9 Å². The van der Waals surface area contributed by atoms with Crippen molar-refractivity contribution >= 4 is 5.97 Å². The monoisotopic (exact) mass is 388 g/mol. The number of fused-ring (bicyclic) bond motifs is 5. The van der Waals surface area contributed by atoms with Crippen molar-refractivity contribution in [3.8, 4) is 0 Å². The molecule has 0 amide bonds. The second kappa shape index (κ2) is 7.45. The van der Waals surface area contributed by atoms with Crippen LogP contribution in [-0.4, -0.2) is 24.3 Å². The minimum Gasteiger partial charge on any atom is -0.469 e. The lowest BCUT2D eigenvalue weighted by Gasteiger charge is -2.58. The fourth-order valence-electron chi connectivity index (χ4n) is 8.20. The Labute approximate surface area is 171 Å². The van der Waals surface area contributed by atoms with Crippen molar-refractivity contribution in [1.82, 2.24) is 0 Å². The number of aliphatic hydroxyl groups excluding tert-OH is 1. The molecule has 3 fully saturated rings. The molecule has 0 aliphatic heterocycles. The van der Waals surface area contributed by atoms with Crippen LogP contribution in [0, 0.1) is 46.3 Å². The molecule has 0 aromatic carbocycles. The molecule has 9 atom stereocenters. The average molecular weight is 389 g/mol. The van der Waals surface area contributed by atoms with Crippen LogP contribution in [0.3, 0.4) is 0 Å². The summed E-state index contributed by atoms with van der Waals surface area (Å²) in [5.41, 5.74) is 0.669. The van der Waals surface area contributed by atoms with Crippen molar-refractivity contribution in [1.29, 1.82) is 0 Å². The van der Waals surface area contributed by atoms with Gasteiger partial charge in [-0.05, 0) is 97.7 Å². The van der Waals surface area contributed by atoms with E-state index in [1.165, 1.54) is 39.2 Å². The molecular formula is C25H40O3. The van der Waals surface area contributed by atoms with Gasteiger partial charge in [-0.2, -0.15) is 0 Å². The Morgan fingerprint density at radius 1 is 1.21 bits per heavy atom. The van der Waals surface area contributed by atoms with Gasteiger partial charge >= 0.3 is 5.97 Å². The van der Waals surface area contributed by atoms with Gasteiger partial charge in [-0.1, -0.05) is 32.9 Å². The number of esters is 1. The van der Waals surface area contributed by atoms with Gasteiger partial charge in [0.2, 0.25) is 0 Å². The normalized spacial score (nSPS) is 48.3. The van der Waals surface area contributed by atoms with E-state index < -0.39 is 0 Å². The molecule has 3 heteroatoms.